The van der Waals surface area contributed by atoms with E-state index in [1.54, 1.807) is 6.21 Å². The van der Waals surface area contributed by atoms with Gasteiger partial charge in [0.2, 0.25) is 0 Å². The highest BCUT2D eigenvalue weighted by Gasteiger charge is 2.02. The summed E-state index contributed by atoms with van der Waals surface area (Å²) in [5.74, 6) is -1.33. The van der Waals surface area contributed by atoms with E-state index in [1.165, 1.54) is 6.07 Å². The Kier molecular flexibility index (Phi) is 5.43. The van der Waals surface area contributed by atoms with Crippen molar-refractivity contribution in [2.75, 3.05) is 30.5 Å². The molecule has 2 N–H and O–H groups in total. The predicted molar refractivity (Wildman–Crippen MR) is 84.4 cm³/mol. The third kappa shape index (κ3) is 4.26. The van der Waals surface area contributed by atoms with E-state index in [0.29, 0.717) is 6.54 Å². The van der Waals surface area contributed by atoms with Gasteiger partial charge in [-0.15, -0.1) is 0 Å². The van der Waals surface area contributed by atoms with Crippen LogP contribution in [0.25, 0.3) is 0 Å². The van der Waals surface area contributed by atoms with Gasteiger partial charge in [-0.1, -0.05) is 12.1 Å². The molecular formula is C16H17F2N3O. The van der Waals surface area contributed by atoms with E-state index in [9.17, 15) is 8.78 Å². The molecule has 0 aliphatic rings. The Morgan fingerprint density at radius 1 is 1.18 bits per heavy atom. The van der Waals surface area contributed by atoms with Crippen molar-refractivity contribution in [1.29, 1.82) is 0 Å². The van der Waals surface area contributed by atoms with Gasteiger partial charge in [-0.2, -0.15) is 5.10 Å². The number of aliphatic hydroxyl groups is 1. The highest BCUT2D eigenvalue weighted by Crippen LogP contribution is 2.15. The zero-order valence-electron chi connectivity index (χ0n) is 12.1. The quantitative estimate of drug-likeness (QED) is 0.637. The molecular weight excluding hydrogens is 288 g/mol. The van der Waals surface area contributed by atoms with Crippen molar-refractivity contribution in [3.63, 3.8) is 0 Å². The van der Waals surface area contributed by atoms with Crippen LogP contribution in [0.1, 0.15) is 5.56 Å². The fourth-order valence-electron chi connectivity index (χ4n) is 1.85. The van der Waals surface area contributed by atoms with Crippen LogP contribution in [-0.2, 0) is 0 Å². The summed E-state index contributed by atoms with van der Waals surface area (Å²) < 4.78 is 26.2. The smallest absolute Gasteiger partial charge is 0.151 e. The Morgan fingerprint density at radius 3 is 2.55 bits per heavy atom. The minimum atomic E-state index is -0.696. The maximum absolute atomic E-state index is 13.4. The highest BCUT2D eigenvalue weighted by atomic mass is 19.1. The molecule has 0 fully saturated rings. The molecule has 0 heterocycles. The molecule has 116 valence electrons. The maximum Gasteiger partial charge on any atom is 0.151 e. The third-order valence-corrected chi connectivity index (χ3v) is 3.10. The summed E-state index contributed by atoms with van der Waals surface area (Å²) in [4.78, 5) is 1.92. The van der Waals surface area contributed by atoms with Crippen LogP contribution in [-0.4, -0.2) is 31.5 Å². The fraction of sp³-hybridized carbons (Fsp3) is 0.188. The molecule has 0 radical (unpaired) electrons. The Hall–Kier alpha value is -2.47. The average molecular weight is 305 g/mol. The predicted octanol–water partition coefficient (Wildman–Crippen LogP) is 2.84. The molecule has 0 aliphatic heterocycles. The van der Waals surface area contributed by atoms with Gasteiger partial charge in [0.05, 0.1) is 18.5 Å². The van der Waals surface area contributed by atoms with Gasteiger partial charge in [-0.3, -0.25) is 5.43 Å². The van der Waals surface area contributed by atoms with Gasteiger partial charge in [-0.05, 0) is 29.8 Å². The van der Waals surface area contributed by atoms with E-state index < -0.39 is 11.6 Å². The SMILES string of the molecule is CN(CCO)c1ccc(/C=N/Nc2ccc(F)cc2F)cc1. The number of hydrogen-bond acceptors (Lipinski definition) is 4. The van der Waals surface area contributed by atoms with Gasteiger partial charge in [0.25, 0.3) is 0 Å². The summed E-state index contributed by atoms with van der Waals surface area (Å²) in [6.07, 6.45) is 1.54. The molecule has 0 saturated carbocycles. The summed E-state index contributed by atoms with van der Waals surface area (Å²) >= 11 is 0. The number of likely N-dealkylation sites (N-methyl/N-ethyl adjacent to an activating group) is 1. The number of anilines is 2. The Morgan fingerprint density at radius 2 is 1.91 bits per heavy atom. The van der Waals surface area contributed by atoms with Crippen molar-refractivity contribution in [2.24, 2.45) is 5.10 Å². The van der Waals surface area contributed by atoms with E-state index >= 15 is 0 Å². The van der Waals surface area contributed by atoms with Crippen LogP contribution in [0.2, 0.25) is 0 Å². The number of halogens is 2. The standard InChI is InChI=1S/C16H17F2N3O/c1-21(8-9-22)14-5-2-12(3-6-14)11-19-20-16-7-4-13(17)10-15(16)18/h2-7,10-11,20,22H,8-9H2,1H3/b19-11+. The second-order valence-electron chi connectivity index (χ2n) is 4.73. The molecule has 0 saturated heterocycles. The molecule has 4 nitrogen and oxygen atoms in total. The van der Waals surface area contributed by atoms with Crippen LogP contribution in [0.4, 0.5) is 20.2 Å². The van der Waals surface area contributed by atoms with Crippen molar-refractivity contribution in [2.45, 2.75) is 0 Å². The van der Waals surface area contributed by atoms with E-state index in [1.807, 2.05) is 36.2 Å². The second kappa shape index (κ2) is 7.51. The number of aliphatic hydroxyl groups excluding tert-OH is 1. The maximum atomic E-state index is 13.4. The van der Waals surface area contributed by atoms with E-state index in [2.05, 4.69) is 10.5 Å². The zero-order chi connectivity index (χ0) is 15.9. The van der Waals surface area contributed by atoms with E-state index in [0.717, 1.165) is 23.4 Å². The summed E-state index contributed by atoms with van der Waals surface area (Å²) in [5.41, 5.74) is 4.44. The molecule has 2 aromatic rings. The number of rotatable bonds is 6. The molecule has 6 heteroatoms. The van der Waals surface area contributed by atoms with E-state index in [-0.39, 0.29) is 12.3 Å². The first-order valence-electron chi connectivity index (χ1n) is 6.76. The van der Waals surface area contributed by atoms with E-state index in [4.69, 9.17) is 5.11 Å². The zero-order valence-corrected chi connectivity index (χ0v) is 12.1. The number of hydrazone groups is 1. The minimum Gasteiger partial charge on any atom is -0.395 e. The first-order chi connectivity index (χ1) is 10.6. The first-order valence-corrected chi connectivity index (χ1v) is 6.76. The monoisotopic (exact) mass is 305 g/mol. The number of nitrogens with zero attached hydrogens (tertiary/aromatic N) is 2. The van der Waals surface area contributed by atoms with Gasteiger partial charge in [-0.25, -0.2) is 8.78 Å². The van der Waals surface area contributed by atoms with Crippen molar-refractivity contribution in [1.82, 2.24) is 0 Å². The Bertz CT molecular complexity index is 644. The molecule has 0 aliphatic carbocycles. The van der Waals surface area contributed by atoms with Gasteiger partial charge >= 0.3 is 0 Å². The summed E-state index contributed by atoms with van der Waals surface area (Å²) in [6.45, 7) is 0.645. The van der Waals surface area contributed by atoms with Crippen LogP contribution < -0.4 is 10.3 Å². The van der Waals surface area contributed by atoms with Gasteiger partial charge in [0.15, 0.2) is 5.82 Å². The van der Waals surface area contributed by atoms with Crippen LogP contribution in [0, 0.1) is 11.6 Å². The van der Waals surface area contributed by atoms with Crippen molar-refractivity contribution in [3.8, 4) is 0 Å². The average Bonchev–Trinajstić information content (AvgIpc) is 2.50. The summed E-state index contributed by atoms with van der Waals surface area (Å²) in [5, 5.41) is 12.8. The lowest BCUT2D eigenvalue weighted by atomic mass is 10.2. The largest absolute Gasteiger partial charge is 0.395 e. The van der Waals surface area contributed by atoms with Crippen LogP contribution in [0.15, 0.2) is 47.6 Å². The molecule has 2 aromatic carbocycles. The van der Waals surface area contributed by atoms with Crippen molar-refractivity contribution >= 4 is 17.6 Å². The van der Waals surface area contributed by atoms with Gasteiger partial charge in [0.1, 0.15) is 5.82 Å². The molecule has 22 heavy (non-hydrogen) atoms. The summed E-state index contributed by atoms with van der Waals surface area (Å²) in [6, 6.07) is 10.8. The lowest BCUT2D eigenvalue weighted by Crippen LogP contribution is -2.20. The number of hydrogen-bond donors (Lipinski definition) is 2. The first kappa shape index (κ1) is 15.9. The molecule has 0 unspecified atom stereocenters. The van der Waals surface area contributed by atoms with Crippen LogP contribution in [0.5, 0.6) is 0 Å². The molecule has 0 amide bonds. The highest BCUT2D eigenvalue weighted by molar-refractivity contribution is 5.81. The van der Waals surface area contributed by atoms with Gasteiger partial charge < -0.3 is 10.0 Å². The van der Waals surface area contributed by atoms with Crippen molar-refractivity contribution < 1.29 is 13.9 Å². The molecule has 2 rings (SSSR count). The molecule has 0 spiro atoms. The van der Waals surface area contributed by atoms with Crippen LogP contribution in [0.3, 0.4) is 0 Å². The molecule has 0 atom stereocenters. The van der Waals surface area contributed by atoms with Crippen molar-refractivity contribution in [3.05, 3.63) is 59.7 Å². The lowest BCUT2D eigenvalue weighted by Gasteiger charge is -2.17. The lowest BCUT2D eigenvalue weighted by molar-refractivity contribution is 0.304. The Balaban J connectivity index is 1.98. The normalized spacial score (nSPS) is 10.9. The minimum absolute atomic E-state index is 0.0901. The number of benzene rings is 2. The molecule has 0 bridgehead atoms. The van der Waals surface area contributed by atoms with Crippen LogP contribution >= 0.6 is 0 Å². The summed E-state index contributed by atoms with van der Waals surface area (Å²) in [7, 11) is 1.89. The topological polar surface area (TPSA) is 47.9 Å². The Labute approximate surface area is 127 Å². The fourth-order valence-corrected chi connectivity index (χ4v) is 1.85. The molecule has 0 aromatic heterocycles. The second-order valence-corrected chi connectivity index (χ2v) is 4.73. The number of nitrogens with one attached hydrogen (secondary N) is 1. The van der Waals surface area contributed by atoms with Gasteiger partial charge in [0, 0.05) is 25.3 Å². The third-order valence-electron chi connectivity index (χ3n) is 3.10.